The van der Waals surface area contributed by atoms with Gasteiger partial charge in [0.2, 0.25) is 0 Å². The third-order valence-electron chi connectivity index (χ3n) is 2.78. The van der Waals surface area contributed by atoms with E-state index < -0.39 is 17.2 Å². The molecule has 0 fully saturated rings. The second-order valence-electron chi connectivity index (χ2n) is 4.24. The first-order chi connectivity index (χ1) is 10.1. The molecule has 2 rings (SSSR count). The first-order valence-corrected chi connectivity index (χ1v) is 7.15. The summed E-state index contributed by atoms with van der Waals surface area (Å²) in [4.78, 5) is 11.2. The van der Waals surface area contributed by atoms with Crippen LogP contribution < -0.4 is 10.0 Å². The maximum atomic E-state index is 11.2. The lowest BCUT2D eigenvalue weighted by atomic mass is 10.1. The average molecular weight is 305 g/mol. The van der Waals surface area contributed by atoms with Crippen molar-refractivity contribution in [3.8, 4) is 0 Å². The zero-order valence-electron chi connectivity index (χ0n) is 10.9. The van der Waals surface area contributed by atoms with Crippen LogP contribution in [0.4, 0.5) is 11.4 Å². The molecule has 21 heavy (non-hydrogen) atoms. The molecule has 0 amide bonds. The Morgan fingerprint density at radius 1 is 1.19 bits per heavy atom. The van der Waals surface area contributed by atoms with E-state index in [1.54, 1.807) is 0 Å². The molecule has 0 radical (unpaired) electrons. The summed E-state index contributed by atoms with van der Waals surface area (Å²) in [5, 5.41) is 12.2. The van der Waals surface area contributed by atoms with Gasteiger partial charge in [-0.25, -0.2) is 4.79 Å². The van der Waals surface area contributed by atoms with Gasteiger partial charge in [-0.3, -0.25) is 4.21 Å². The number of hydrogen-bond acceptors (Lipinski definition) is 4. The van der Waals surface area contributed by atoms with Crippen LogP contribution in [0.5, 0.6) is 0 Å². The van der Waals surface area contributed by atoms with Gasteiger partial charge in [0.25, 0.3) is 0 Å². The molecule has 0 aliphatic carbocycles. The number of benzene rings is 2. The molecule has 0 saturated carbocycles. The van der Waals surface area contributed by atoms with Crippen molar-refractivity contribution in [1.29, 1.82) is 0 Å². The lowest BCUT2D eigenvalue weighted by Gasteiger charge is -2.13. The van der Waals surface area contributed by atoms with Crippen molar-refractivity contribution < 1.29 is 18.7 Å². The predicted octanol–water partition coefficient (Wildman–Crippen LogP) is 2.20. The molecule has 2 aromatic rings. The molecule has 1 unspecified atom stereocenters. The highest BCUT2D eigenvalue weighted by Crippen LogP contribution is 2.21. The monoisotopic (exact) mass is 305 g/mol. The van der Waals surface area contributed by atoms with Gasteiger partial charge >= 0.3 is 5.97 Å². The number of anilines is 2. The molecule has 0 aromatic heterocycles. The molecule has 0 bridgehead atoms. The Hall–Kier alpha value is -2.38. The fourth-order valence-electron chi connectivity index (χ4n) is 1.83. The Morgan fingerprint density at radius 3 is 2.52 bits per heavy atom. The SMILES string of the molecule is O=C(O)c1cc(NS(=O)[O-])ccc1NCc1ccccc1. The topological polar surface area (TPSA) is 101 Å². The molecule has 0 heterocycles. The van der Waals surface area contributed by atoms with Crippen LogP contribution in [0.3, 0.4) is 0 Å². The van der Waals surface area contributed by atoms with E-state index in [0.717, 1.165) is 5.56 Å². The second-order valence-corrected chi connectivity index (χ2v) is 4.91. The van der Waals surface area contributed by atoms with Gasteiger partial charge in [-0.15, -0.1) is 0 Å². The summed E-state index contributed by atoms with van der Waals surface area (Å²) in [6.45, 7) is 0.474. The van der Waals surface area contributed by atoms with Crippen LogP contribution in [0, 0.1) is 0 Å². The number of hydrogen-bond donors (Lipinski definition) is 3. The largest absolute Gasteiger partial charge is 0.755 e. The van der Waals surface area contributed by atoms with Gasteiger partial charge in [0.05, 0.1) is 5.56 Å². The molecular weight excluding hydrogens is 292 g/mol. The number of carboxylic acid groups (broad SMARTS) is 1. The van der Waals surface area contributed by atoms with Crippen molar-refractivity contribution in [3.63, 3.8) is 0 Å². The maximum Gasteiger partial charge on any atom is 0.337 e. The number of carboxylic acids is 1. The van der Waals surface area contributed by atoms with Gasteiger partial charge in [0, 0.05) is 29.2 Å². The normalized spacial score (nSPS) is 11.7. The summed E-state index contributed by atoms with van der Waals surface area (Å²) in [5.41, 5.74) is 1.64. The van der Waals surface area contributed by atoms with Gasteiger partial charge in [-0.05, 0) is 23.8 Å². The Morgan fingerprint density at radius 2 is 1.90 bits per heavy atom. The van der Waals surface area contributed by atoms with E-state index in [2.05, 4.69) is 10.0 Å². The average Bonchev–Trinajstić information content (AvgIpc) is 2.46. The molecule has 7 heteroatoms. The molecule has 2 aromatic carbocycles. The quantitative estimate of drug-likeness (QED) is 0.710. The molecule has 110 valence electrons. The summed E-state index contributed by atoms with van der Waals surface area (Å²) < 4.78 is 23.3. The molecule has 6 nitrogen and oxygen atoms in total. The minimum Gasteiger partial charge on any atom is -0.755 e. The van der Waals surface area contributed by atoms with Crippen LogP contribution in [0.25, 0.3) is 0 Å². The summed E-state index contributed by atoms with van der Waals surface area (Å²) in [6, 6.07) is 13.8. The zero-order valence-corrected chi connectivity index (χ0v) is 11.7. The van der Waals surface area contributed by atoms with E-state index in [0.29, 0.717) is 12.2 Å². The van der Waals surface area contributed by atoms with Gasteiger partial charge in [0.1, 0.15) is 0 Å². The van der Waals surface area contributed by atoms with Crippen LogP contribution in [-0.2, 0) is 17.8 Å². The Kier molecular flexibility index (Phi) is 4.91. The van der Waals surface area contributed by atoms with Crippen LogP contribution in [0.15, 0.2) is 48.5 Å². The van der Waals surface area contributed by atoms with Crippen molar-refractivity contribution >= 4 is 28.6 Å². The molecule has 0 spiro atoms. The molecule has 0 aliphatic rings. The van der Waals surface area contributed by atoms with E-state index in [-0.39, 0.29) is 11.3 Å². The Balaban J connectivity index is 2.18. The summed E-state index contributed by atoms with van der Waals surface area (Å²) >= 11 is -2.49. The van der Waals surface area contributed by atoms with E-state index in [4.69, 9.17) is 0 Å². The van der Waals surface area contributed by atoms with Crippen LogP contribution in [-0.4, -0.2) is 19.8 Å². The van der Waals surface area contributed by atoms with Crippen molar-refractivity contribution in [2.75, 3.05) is 10.0 Å². The number of carbonyl (C=O) groups is 1. The lowest BCUT2D eigenvalue weighted by Crippen LogP contribution is -2.08. The van der Waals surface area contributed by atoms with E-state index in [1.807, 2.05) is 30.3 Å². The minimum atomic E-state index is -2.49. The highest BCUT2D eigenvalue weighted by atomic mass is 32.2. The first kappa shape index (κ1) is 15.0. The second kappa shape index (κ2) is 6.87. The number of aromatic carboxylic acids is 1. The molecular formula is C14H13N2O4S-. The highest BCUT2D eigenvalue weighted by molar-refractivity contribution is 7.80. The molecule has 1 atom stereocenters. The van der Waals surface area contributed by atoms with Crippen molar-refractivity contribution in [2.45, 2.75) is 6.54 Å². The molecule has 0 saturated heterocycles. The third kappa shape index (κ3) is 4.30. The standard InChI is InChI=1S/C14H14N2O4S/c17-14(18)12-8-11(16-21(19)20)6-7-13(12)15-9-10-4-2-1-3-5-10/h1-8,15-16H,9H2,(H,17,18)(H,19,20)/p-1. The summed E-state index contributed by atoms with van der Waals surface area (Å²) in [6.07, 6.45) is 0. The van der Waals surface area contributed by atoms with Gasteiger partial charge in [-0.2, -0.15) is 0 Å². The Bertz CT molecular complexity index is 661. The van der Waals surface area contributed by atoms with Crippen molar-refractivity contribution in [1.82, 2.24) is 0 Å². The zero-order chi connectivity index (χ0) is 15.2. The van der Waals surface area contributed by atoms with E-state index in [1.165, 1.54) is 18.2 Å². The van der Waals surface area contributed by atoms with Crippen LogP contribution >= 0.6 is 0 Å². The number of rotatable bonds is 6. The van der Waals surface area contributed by atoms with Crippen molar-refractivity contribution in [2.24, 2.45) is 0 Å². The summed E-state index contributed by atoms with van der Waals surface area (Å²) in [7, 11) is 0. The highest BCUT2D eigenvalue weighted by Gasteiger charge is 2.11. The minimum absolute atomic E-state index is 0.00128. The summed E-state index contributed by atoms with van der Waals surface area (Å²) in [5.74, 6) is -1.13. The van der Waals surface area contributed by atoms with Gasteiger partial charge < -0.3 is 19.7 Å². The van der Waals surface area contributed by atoms with Gasteiger partial charge in [0.15, 0.2) is 0 Å². The fraction of sp³-hybridized carbons (Fsp3) is 0.0714. The first-order valence-electron chi connectivity index (χ1n) is 6.07. The van der Waals surface area contributed by atoms with Crippen LogP contribution in [0.2, 0.25) is 0 Å². The number of nitrogens with one attached hydrogen (secondary N) is 2. The Labute approximate surface area is 124 Å². The van der Waals surface area contributed by atoms with Gasteiger partial charge in [-0.1, -0.05) is 30.3 Å². The van der Waals surface area contributed by atoms with E-state index in [9.17, 15) is 18.7 Å². The van der Waals surface area contributed by atoms with Crippen LogP contribution in [0.1, 0.15) is 15.9 Å². The van der Waals surface area contributed by atoms with E-state index >= 15 is 0 Å². The smallest absolute Gasteiger partial charge is 0.337 e. The third-order valence-corrected chi connectivity index (χ3v) is 3.18. The predicted molar refractivity (Wildman–Crippen MR) is 79.7 cm³/mol. The molecule has 3 N–H and O–H groups in total. The maximum absolute atomic E-state index is 11.2. The lowest BCUT2D eigenvalue weighted by molar-refractivity contribution is 0.0698. The fourth-order valence-corrected chi connectivity index (χ4v) is 2.15. The molecule has 0 aliphatic heterocycles. The van der Waals surface area contributed by atoms with Crippen molar-refractivity contribution in [3.05, 3.63) is 59.7 Å².